The van der Waals surface area contributed by atoms with Crippen LogP contribution in [0.2, 0.25) is 0 Å². The van der Waals surface area contributed by atoms with Gasteiger partial charge in [-0.3, -0.25) is 4.79 Å². The van der Waals surface area contributed by atoms with E-state index in [0.717, 1.165) is 33.8 Å². The van der Waals surface area contributed by atoms with Gasteiger partial charge in [0.25, 0.3) is 5.56 Å². The number of ether oxygens (including phenoxy) is 1. The van der Waals surface area contributed by atoms with E-state index in [2.05, 4.69) is 10.1 Å². The molecule has 0 amide bonds. The van der Waals surface area contributed by atoms with Crippen molar-refractivity contribution in [2.75, 3.05) is 6.61 Å². The lowest BCUT2D eigenvalue weighted by Crippen LogP contribution is -2.23. The summed E-state index contributed by atoms with van der Waals surface area (Å²) < 4.78 is 14.7. The summed E-state index contributed by atoms with van der Waals surface area (Å²) in [6, 6.07) is 19.4. The van der Waals surface area contributed by atoms with Crippen LogP contribution < -0.4 is 14.8 Å². The first kappa shape index (κ1) is 22.0. The summed E-state index contributed by atoms with van der Waals surface area (Å²) in [6.45, 7) is 4.59. The van der Waals surface area contributed by atoms with Crippen molar-refractivity contribution in [3.63, 3.8) is 0 Å². The molecule has 178 valence electrons. The molecular weight excluding hydrogens is 474 g/mol. The van der Waals surface area contributed by atoms with Gasteiger partial charge < -0.3 is 9.15 Å². The summed E-state index contributed by atoms with van der Waals surface area (Å²) in [5.41, 5.74) is 4.28. The average molecular weight is 496 g/mol. The van der Waals surface area contributed by atoms with Crippen LogP contribution in [0.5, 0.6) is 5.75 Å². The van der Waals surface area contributed by atoms with Gasteiger partial charge in [-0.2, -0.15) is 14.6 Å². The smallest absolute Gasteiger partial charge is 0.291 e. The van der Waals surface area contributed by atoms with Gasteiger partial charge in [-0.25, -0.2) is 4.68 Å². The minimum atomic E-state index is -0.234. The molecule has 0 aliphatic rings. The van der Waals surface area contributed by atoms with E-state index in [4.69, 9.17) is 14.3 Å². The van der Waals surface area contributed by atoms with Gasteiger partial charge in [0.05, 0.1) is 23.1 Å². The molecule has 36 heavy (non-hydrogen) atoms. The minimum absolute atomic E-state index is 0.234. The second-order valence-electron chi connectivity index (χ2n) is 8.15. The van der Waals surface area contributed by atoms with Gasteiger partial charge in [0.15, 0.2) is 5.76 Å². The Morgan fingerprint density at radius 1 is 1.08 bits per heavy atom. The quantitative estimate of drug-likeness (QED) is 0.338. The summed E-state index contributed by atoms with van der Waals surface area (Å²) >= 11 is 1.28. The van der Waals surface area contributed by atoms with E-state index < -0.39 is 0 Å². The highest BCUT2D eigenvalue weighted by Crippen LogP contribution is 2.30. The van der Waals surface area contributed by atoms with Crippen LogP contribution in [0, 0.1) is 6.92 Å². The number of aromatic nitrogens is 5. The van der Waals surface area contributed by atoms with Crippen LogP contribution in [0.1, 0.15) is 18.1 Å². The average Bonchev–Trinajstić information content (AvgIpc) is 3.67. The second-order valence-corrected chi connectivity index (χ2v) is 9.15. The van der Waals surface area contributed by atoms with Crippen LogP contribution in [0.3, 0.4) is 0 Å². The predicted octanol–water partition coefficient (Wildman–Crippen LogP) is 4.52. The van der Waals surface area contributed by atoms with Crippen LogP contribution in [0.4, 0.5) is 0 Å². The first-order chi connectivity index (χ1) is 17.6. The van der Waals surface area contributed by atoms with E-state index in [1.165, 1.54) is 15.9 Å². The number of benzene rings is 2. The molecule has 6 aromatic rings. The minimum Gasteiger partial charge on any atom is -0.494 e. The third-order valence-corrected chi connectivity index (χ3v) is 6.70. The van der Waals surface area contributed by atoms with Crippen LogP contribution in [-0.4, -0.2) is 31.0 Å². The fourth-order valence-electron chi connectivity index (χ4n) is 4.06. The molecule has 0 atom stereocenters. The van der Waals surface area contributed by atoms with E-state index in [9.17, 15) is 4.79 Å². The highest BCUT2D eigenvalue weighted by molar-refractivity contribution is 7.15. The molecule has 0 bridgehead atoms. The Morgan fingerprint density at radius 3 is 2.67 bits per heavy atom. The Labute approximate surface area is 209 Å². The highest BCUT2D eigenvalue weighted by Gasteiger charge is 2.17. The SMILES string of the molecule is CCOc1ccc(-c2nn(-c3ccccc3)cc2/C=c2\sc3nc(-c4ccco4)nn3c2=O)c(C)c1. The lowest BCUT2D eigenvalue weighted by Gasteiger charge is -2.08. The maximum atomic E-state index is 13.2. The van der Waals surface area contributed by atoms with Gasteiger partial charge in [0.2, 0.25) is 10.8 Å². The zero-order chi connectivity index (χ0) is 24.6. The lowest BCUT2D eigenvalue weighted by atomic mass is 10.0. The second kappa shape index (κ2) is 8.94. The lowest BCUT2D eigenvalue weighted by molar-refractivity contribution is 0.340. The summed E-state index contributed by atoms with van der Waals surface area (Å²) in [6.07, 6.45) is 5.34. The van der Waals surface area contributed by atoms with Gasteiger partial charge >= 0.3 is 0 Å². The first-order valence-electron chi connectivity index (χ1n) is 11.4. The summed E-state index contributed by atoms with van der Waals surface area (Å²) in [5.74, 6) is 1.72. The molecule has 0 radical (unpaired) electrons. The number of hydrogen-bond acceptors (Lipinski definition) is 7. The Balaban J connectivity index is 1.50. The van der Waals surface area contributed by atoms with Crippen molar-refractivity contribution >= 4 is 22.4 Å². The number of hydrogen-bond donors (Lipinski definition) is 0. The zero-order valence-corrected chi connectivity index (χ0v) is 20.4. The van der Waals surface area contributed by atoms with Gasteiger partial charge in [-0.1, -0.05) is 29.5 Å². The Bertz CT molecular complexity index is 1780. The standard InChI is InChI=1S/C27H21N5O3S/c1-3-34-20-11-12-21(17(2)14-20)24-18(16-31(29-24)19-8-5-4-6-9-19)15-23-26(33)32-27(36-23)28-25(30-32)22-10-7-13-35-22/h4-16H,3H2,1-2H3/b23-15-. The van der Waals surface area contributed by atoms with E-state index in [1.54, 1.807) is 18.4 Å². The van der Waals surface area contributed by atoms with Crippen molar-refractivity contribution < 1.29 is 9.15 Å². The number of para-hydroxylation sites is 1. The van der Waals surface area contributed by atoms with Crippen LogP contribution in [0.15, 0.2) is 82.3 Å². The molecular formula is C27H21N5O3S. The fourth-order valence-corrected chi connectivity index (χ4v) is 4.96. The molecule has 0 saturated carbocycles. The van der Waals surface area contributed by atoms with Gasteiger partial charge in [-0.15, -0.1) is 5.10 Å². The van der Waals surface area contributed by atoms with Crippen molar-refractivity contribution in [3.05, 3.63) is 99.1 Å². The summed E-state index contributed by atoms with van der Waals surface area (Å²) in [7, 11) is 0. The number of rotatable bonds is 6. The predicted molar refractivity (Wildman–Crippen MR) is 139 cm³/mol. The largest absolute Gasteiger partial charge is 0.494 e. The highest BCUT2D eigenvalue weighted by atomic mass is 32.1. The van der Waals surface area contributed by atoms with Crippen molar-refractivity contribution in [1.29, 1.82) is 0 Å². The molecule has 4 aromatic heterocycles. The van der Waals surface area contributed by atoms with Crippen LogP contribution in [0.25, 0.3) is 39.6 Å². The maximum Gasteiger partial charge on any atom is 0.291 e. The summed E-state index contributed by atoms with van der Waals surface area (Å²) in [5, 5.41) is 9.25. The van der Waals surface area contributed by atoms with E-state index in [-0.39, 0.29) is 5.56 Å². The van der Waals surface area contributed by atoms with Gasteiger partial charge in [0.1, 0.15) is 11.4 Å². The molecule has 2 aromatic carbocycles. The molecule has 0 aliphatic heterocycles. The third kappa shape index (κ3) is 3.89. The first-order valence-corrected chi connectivity index (χ1v) is 12.3. The van der Waals surface area contributed by atoms with Crippen molar-refractivity contribution in [1.82, 2.24) is 24.4 Å². The molecule has 0 spiro atoms. The monoisotopic (exact) mass is 495 g/mol. The number of thiazole rings is 1. The van der Waals surface area contributed by atoms with Crippen molar-refractivity contribution in [2.24, 2.45) is 0 Å². The zero-order valence-electron chi connectivity index (χ0n) is 19.6. The Morgan fingerprint density at radius 2 is 1.94 bits per heavy atom. The van der Waals surface area contributed by atoms with Crippen LogP contribution >= 0.6 is 11.3 Å². The molecule has 0 saturated heterocycles. The van der Waals surface area contributed by atoms with Crippen molar-refractivity contribution in [3.8, 4) is 34.3 Å². The molecule has 4 heterocycles. The molecule has 8 nitrogen and oxygen atoms in total. The molecule has 6 rings (SSSR count). The number of nitrogens with zero attached hydrogens (tertiary/aromatic N) is 5. The molecule has 0 aliphatic carbocycles. The Kier molecular flexibility index (Phi) is 5.46. The van der Waals surface area contributed by atoms with E-state index in [1.807, 2.05) is 79.3 Å². The molecule has 9 heteroatoms. The van der Waals surface area contributed by atoms with E-state index >= 15 is 0 Å². The normalized spacial score (nSPS) is 12.0. The topological polar surface area (TPSA) is 87.4 Å². The summed E-state index contributed by atoms with van der Waals surface area (Å²) in [4.78, 5) is 18.2. The molecule has 0 unspecified atom stereocenters. The molecule has 0 fully saturated rings. The molecule has 0 N–H and O–H groups in total. The number of aryl methyl sites for hydroxylation is 1. The van der Waals surface area contributed by atoms with Crippen molar-refractivity contribution in [2.45, 2.75) is 13.8 Å². The van der Waals surface area contributed by atoms with Gasteiger partial charge in [-0.05, 0) is 68.0 Å². The van der Waals surface area contributed by atoms with Crippen LogP contribution in [-0.2, 0) is 0 Å². The third-order valence-electron chi connectivity index (χ3n) is 5.74. The Hall–Kier alpha value is -4.50. The fraction of sp³-hybridized carbons (Fsp3) is 0.111. The van der Waals surface area contributed by atoms with Gasteiger partial charge in [0, 0.05) is 17.3 Å². The van der Waals surface area contributed by atoms with E-state index in [0.29, 0.717) is 27.7 Å². The number of furan rings is 1. The number of fused-ring (bicyclic) bond motifs is 1. The maximum absolute atomic E-state index is 13.2.